The summed E-state index contributed by atoms with van der Waals surface area (Å²) in [7, 11) is 0. The Bertz CT molecular complexity index is 139. The molecule has 0 aliphatic carbocycles. The Hall–Kier alpha value is -0.830. The molecule has 1 aliphatic heterocycles. The Balaban J connectivity index is 2.71. The summed E-state index contributed by atoms with van der Waals surface area (Å²) in [6.07, 6.45) is -0.275. The van der Waals surface area contributed by atoms with E-state index in [0.29, 0.717) is 5.57 Å². The van der Waals surface area contributed by atoms with Gasteiger partial charge in [0.15, 0.2) is 0 Å². The van der Waals surface area contributed by atoms with Crippen LogP contribution in [0.3, 0.4) is 0 Å². The molecule has 1 unspecified atom stereocenters. The van der Waals surface area contributed by atoms with E-state index in [1.807, 2.05) is 0 Å². The number of hydrogen-bond donors (Lipinski definition) is 0. The monoisotopic (exact) mass is 114 g/mol. The smallest absolute Gasteiger partial charge is 0.292 e. The zero-order valence-electron chi connectivity index (χ0n) is 4.51. The highest BCUT2D eigenvalue weighted by Crippen LogP contribution is 2.14. The predicted molar refractivity (Wildman–Crippen MR) is 25.8 cm³/mol. The van der Waals surface area contributed by atoms with E-state index >= 15 is 0 Å². The van der Waals surface area contributed by atoms with Crippen LogP contribution in [0.1, 0.15) is 6.92 Å². The molecule has 0 N–H and O–H groups in total. The summed E-state index contributed by atoms with van der Waals surface area (Å²) in [5.74, 6) is -0.461. The molecule has 3 heteroatoms. The largest absolute Gasteiger partial charge is 0.371 e. The second-order valence-corrected chi connectivity index (χ2v) is 1.63. The van der Waals surface area contributed by atoms with E-state index in [1.165, 1.54) is 0 Å². The van der Waals surface area contributed by atoms with Crippen molar-refractivity contribution in [2.24, 2.45) is 0 Å². The van der Waals surface area contributed by atoms with Crippen molar-refractivity contribution < 1.29 is 14.6 Å². The summed E-state index contributed by atoms with van der Waals surface area (Å²) in [4.78, 5) is 18.9. The first-order valence-corrected chi connectivity index (χ1v) is 2.28. The molecule has 0 aromatic rings. The van der Waals surface area contributed by atoms with E-state index in [-0.39, 0.29) is 6.10 Å². The summed E-state index contributed by atoms with van der Waals surface area (Å²) < 4.78 is 0. The standard InChI is InChI=1S/C5H6O3/c1-3-4(2)7-8-5(3)6/h4H,1H2,2H3. The van der Waals surface area contributed by atoms with Crippen molar-refractivity contribution >= 4 is 5.97 Å². The Morgan fingerprint density at radius 3 is 2.50 bits per heavy atom. The Morgan fingerprint density at radius 2 is 2.38 bits per heavy atom. The molecule has 1 atom stereocenters. The molecule has 44 valence electrons. The lowest BCUT2D eigenvalue weighted by atomic mass is 10.2. The minimum atomic E-state index is -0.461. The molecule has 0 spiro atoms. The molecule has 1 aliphatic rings. The average Bonchev–Trinajstić information content (AvgIpc) is 1.98. The summed E-state index contributed by atoms with van der Waals surface area (Å²) in [5.41, 5.74) is 0.380. The molecule has 0 saturated carbocycles. The lowest BCUT2D eigenvalue weighted by Gasteiger charge is -1.90. The van der Waals surface area contributed by atoms with Crippen molar-refractivity contribution in [1.82, 2.24) is 0 Å². The highest BCUT2D eigenvalue weighted by atomic mass is 17.2. The van der Waals surface area contributed by atoms with Crippen LogP contribution in [0.4, 0.5) is 0 Å². The lowest BCUT2D eigenvalue weighted by molar-refractivity contribution is -0.257. The summed E-state index contributed by atoms with van der Waals surface area (Å²) in [5, 5.41) is 0. The molecule has 0 amide bonds. The van der Waals surface area contributed by atoms with Crippen LogP contribution in [-0.4, -0.2) is 12.1 Å². The van der Waals surface area contributed by atoms with E-state index < -0.39 is 5.97 Å². The van der Waals surface area contributed by atoms with E-state index in [2.05, 4.69) is 16.4 Å². The lowest BCUT2D eigenvalue weighted by Crippen LogP contribution is -2.00. The van der Waals surface area contributed by atoms with Crippen LogP contribution >= 0.6 is 0 Å². The topological polar surface area (TPSA) is 35.5 Å². The van der Waals surface area contributed by atoms with Crippen LogP contribution < -0.4 is 0 Å². The van der Waals surface area contributed by atoms with Crippen LogP contribution in [0.5, 0.6) is 0 Å². The molecule has 1 heterocycles. The number of rotatable bonds is 0. The first-order valence-electron chi connectivity index (χ1n) is 2.28. The van der Waals surface area contributed by atoms with Gasteiger partial charge in [0, 0.05) is 0 Å². The third kappa shape index (κ3) is 0.607. The third-order valence-electron chi connectivity index (χ3n) is 1.02. The Labute approximate surface area is 46.8 Å². The number of hydrogen-bond acceptors (Lipinski definition) is 3. The van der Waals surface area contributed by atoms with Crippen LogP contribution in [0.2, 0.25) is 0 Å². The zero-order valence-corrected chi connectivity index (χ0v) is 4.51. The van der Waals surface area contributed by atoms with Gasteiger partial charge < -0.3 is 0 Å². The normalized spacial score (nSPS) is 28.4. The van der Waals surface area contributed by atoms with Crippen LogP contribution in [0.25, 0.3) is 0 Å². The quantitative estimate of drug-likeness (QED) is 0.338. The van der Waals surface area contributed by atoms with E-state index in [4.69, 9.17) is 0 Å². The first-order chi connectivity index (χ1) is 3.72. The van der Waals surface area contributed by atoms with Crippen LogP contribution in [0.15, 0.2) is 12.2 Å². The molecule has 0 aromatic carbocycles. The van der Waals surface area contributed by atoms with Crippen molar-refractivity contribution in [2.75, 3.05) is 0 Å². The predicted octanol–water partition coefficient (Wildman–Crippen LogP) is 0.419. The molecule has 1 rings (SSSR count). The average molecular weight is 114 g/mol. The fraction of sp³-hybridized carbons (Fsp3) is 0.400. The molecular formula is C5H6O3. The fourth-order valence-electron chi connectivity index (χ4n) is 0.393. The van der Waals surface area contributed by atoms with Gasteiger partial charge in [-0.3, -0.25) is 4.89 Å². The Morgan fingerprint density at radius 1 is 1.75 bits per heavy atom. The first kappa shape index (κ1) is 5.31. The molecule has 0 bridgehead atoms. The highest BCUT2D eigenvalue weighted by Gasteiger charge is 2.26. The maximum atomic E-state index is 10.3. The van der Waals surface area contributed by atoms with Crippen molar-refractivity contribution in [1.29, 1.82) is 0 Å². The summed E-state index contributed by atoms with van der Waals surface area (Å²) in [6.45, 7) is 5.12. The highest BCUT2D eigenvalue weighted by molar-refractivity contribution is 5.89. The maximum Gasteiger partial charge on any atom is 0.371 e. The van der Waals surface area contributed by atoms with Crippen molar-refractivity contribution in [3.8, 4) is 0 Å². The van der Waals surface area contributed by atoms with Crippen LogP contribution in [-0.2, 0) is 14.6 Å². The molecule has 3 nitrogen and oxygen atoms in total. The summed E-state index contributed by atoms with van der Waals surface area (Å²) in [6, 6.07) is 0. The number of carbonyl (C=O) groups is 1. The van der Waals surface area contributed by atoms with Crippen LogP contribution in [0, 0.1) is 0 Å². The van der Waals surface area contributed by atoms with Gasteiger partial charge in [0.05, 0.1) is 5.57 Å². The summed E-state index contributed by atoms with van der Waals surface area (Å²) >= 11 is 0. The van der Waals surface area contributed by atoms with Gasteiger partial charge >= 0.3 is 5.97 Å². The zero-order chi connectivity index (χ0) is 6.15. The number of carbonyl (C=O) groups excluding carboxylic acids is 1. The molecule has 0 aromatic heterocycles. The van der Waals surface area contributed by atoms with Crippen molar-refractivity contribution in [3.63, 3.8) is 0 Å². The van der Waals surface area contributed by atoms with Gasteiger partial charge in [-0.25, -0.2) is 4.79 Å². The van der Waals surface area contributed by atoms with E-state index in [1.54, 1.807) is 6.92 Å². The minimum Gasteiger partial charge on any atom is -0.292 e. The SMILES string of the molecule is C=C1C(=O)OOC1C. The van der Waals surface area contributed by atoms with Crippen molar-refractivity contribution in [2.45, 2.75) is 13.0 Å². The maximum absolute atomic E-state index is 10.3. The van der Waals surface area contributed by atoms with Gasteiger partial charge in [0.25, 0.3) is 0 Å². The van der Waals surface area contributed by atoms with Crippen molar-refractivity contribution in [3.05, 3.63) is 12.2 Å². The Kier molecular flexibility index (Phi) is 1.06. The second kappa shape index (κ2) is 1.59. The second-order valence-electron chi connectivity index (χ2n) is 1.63. The minimum absolute atomic E-state index is 0.275. The molecule has 8 heavy (non-hydrogen) atoms. The molecule has 1 saturated heterocycles. The molecular weight excluding hydrogens is 108 g/mol. The van der Waals surface area contributed by atoms with Gasteiger partial charge in [0.1, 0.15) is 6.10 Å². The van der Waals surface area contributed by atoms with Gasteiger partial charge in [-0.05, 0) is 6.92 Å². The van der Waals surface area contributed by atoms with Gasteiger partial charge in [-0.15, -0.1) is 0 Å². The van der Waals surface area contributed by atoms with Gasteiger partial charge in [0.2, 0.25) is 0 Å². The van der Waals surface area contributed by atoms with E-state index in [9.17, 15) is 4.79 Å². The molecule has 1 fully saturated rings. The fourth-order valence-corrected chi connectivity index (χ4v) is 0.393. The van der Waals surface area contributed by atoms with E-state index in [0.717, 1.165) is 0 Å². The third-order valence-corrected chi connectivity index (χ3v) is 1.02. The van der Waals surface area contributed by atoms with Gasteiger partial charge in [-0.2, -0.15) is 4.89 Å². The molecule has 0 radical (unpaired) electrons. The van der Waals surface area contributed by atoms with Gasteiger partial charge in [-0.1, -0.05) is 6.58 Å².